The number of aromatic nitrogens is 2. The molecule has 112 valence electrons. The minimum absolute atomic E-state index is 0.316. The van der Waals surface area contributed by atoms with Crippen molar-refractivity contribution in [1.82, 2.24) is 9.97 Å². The van der Waals surface area contributed by atoms with E-state index < -0.39 is 32.6 Å². The fourth-order valence-electron chi connectivity index (χ4n) is 1.30. The number of amides is 2. The van der Waals surface area contributed by atoms with Gasteiger partial charge < -0.3 is 5.73 Å². The molecule has 20 heavy (non-hydrogen) atoms. The van der Waals surface area contributed by atoms with Gasteiger partial charge in [-0.2, -0.15) is 4.31 Å². The highest BCUT2D eigenvalue weighted by Gasteiger charge is 2.33. The zero-order valence-electron chi connectivity index (χ0n) is 10.8. The number of urea groups is 1. The summed E-state index contributed by atoms with van der Waals surface area (Å²) in [6.07, 6.45) is 1.32. The first-order valence-electron chi connectivity index (χ1n) is 5.55. The van der Waals surface area contributed by atoms with Crippen LogP contribution in [0.15, 0.2) is 12.3 Å². The van der Waals surface area contributed by atoms with Crippen molar-refractivity contribution in [3.8, 4) is 0 Å². The summed E-state index contributed by atoms with van der Waals surface area (Å²) in [5.74, 6) is -0.872. The number of alkyl halides is 2. The van der Waals surface area contributed by atoms with Crippen molar-refractivity contribution in [3.63, 3.8) is 0 Å². The van der Waals surface area contributed by atoms with Crippen LogP contribution in [0.4, 0.5) is 10.7 Å². The molecule has 0 radical (unpaired) electrons. The van der Waals surface area contributed by atoms with E-state index in [4.69, 9.17) is 28.9 Å². The first-order valence-corrected chi connectivity index (χ1v) is 8.03. The molecule has 2 N–H and O–H groups in total. The number of primary amides is 1. The van der Waals surface area contributed by atoms with Gasteiger partial charge in [0.2, 0.25) is 16.0 Å². The van der Waals surface area contributed by atoms with Crippen molar-refractivity contribution < 1.29 is 13.2 Å². The minimum atomic E-state index is -4.12. The lowest BCUT2D eigenvalue weighted by Gasteiger charge is -2.20. The lowest BCUT2D eigenvalue weighted by atomic mass is 10.4. The Morgan fingerprint density at radius 2 is 2.10 bits per heavy atom. The summed E-state index contributed by atoms with van der Waals surface area (Å²) in [6.45, 7) is 3.18. The molecule has 7 nitrogen and oxygen atoms in total. The highest BCUT2D eigenvalue weighted by atomic mass is 35.5. The summed E-state index contributed by atoms with van der Waals surface area (Å²) in [6, 6.07) is 0.349. The van der Waals surface area contributed by atoms with Crippen molar-refractivity contribution in [2.75, 3.05) is 10.1 Å². The Hall–Kier alpha value is -1.12. The Bertz CT molecular complexity index is 594. The molecule has 0 aliphatic rings. The Balaban J connectivity index is 3.17. The van der Waals surface area contributed by atoms with Gasteiger partial charge in [0.05, 0.1) is 11.1 Å². The highest BCUT2D eigenvalue weighted by Crippen LogP contribution is 2.18. The predicted octanol–water partition coefficient (Wildman–Crippen LogP) is 1.23. The van der Waals surface area contributed by atoms with Crippen molar-refractivity contribution in [1.29, 1.82) is 0 Å². The number of aryl methyl sites for hydroxylation is 1. The summed E-state index contributed by atoms with van der Waals surface area (Å²) < 4.78 is 24.7. The zero-order chi connectivity index (χ0) is 15.5. The quantitative estimate of drug-likeness (QED) is 0.811. The fraction of sp³-hybridized carbons (Fsp3) is 0.500. The normalized spacial score (nSPS) is 14.6. The Morgan fingerprint density at radius 3 is 2.55 bits per heavy atom. The zero-order valence-corrected chi connectivity index (χ0v) is 13.2. The van der Waals surface area contributed by atoms with E-state index in [9.17, 15) is 13.2 Å². The molecule has 1 heterocycles. The van der Waals surface area contributed by atoms with E-state index in [0.29, 0.717) is 10.00 Å². The monoisotopic (exact) mass is 340 g/mol. The number of anilines is 1. The van der Waals surface area contributed by atoms with E-state index in [2.05, 4.69) is 9.97 Å². The SMILES string of the molecule is Cc1ccnc(N(C(N)=O)S(=O)(=O)CC(Cl)C(C)Cl)n1. The highest BCUT2D eigenvalue weighted by molar-refractivity contribution is 7.93. The molecule has 0 fully saturated rings. The molecule has 2 amide bonds. The molecule has 0 aliphatic heterocycles. The third-order valence-corrected chi connectivity index (χ3v) is 5.14. The Kier molecular flexibility index (Phi) is 5.55. The van der Waals surface area contributed by atoms with Crippen LogP contribution in [-0.2, 0) is 10.0 Å². The molecule has 1 aromatic rings. The second-order valence-electron chi connectivity index (χ2n) is 4.07. The number of rotatable bonds is 5. The van der Waals surface area contributed by atoms with E-state index in [1.165, 1.54) is 6.20 Å². The molecule has 1 aromatic heterocycles. The molecular formula is C10H14Cl2N4O3S. The third-order valence-electron chi connectivity index (χ3n) is 2.31. The first kappa shape index (κ1) is 16.9. The van der Waals surface area contributed by atoms with Crippen LogP contribution in [0.1, 0.15) is 12.6 Å². The van der Waals surface area contributed by atoms with Crippen LogP contribution >= 0.6 is 23.2 Å². The van der Waals surface area contributed by atoms with Gasteiger partial charge in [-0.25, -0.2) is 23.2 Å². The van der Waals surface area contributed by atoms with E-state index >= 15 is 0 Å². The molecule has 0 aliphatic carbocycles. The average Bonchev–Trinajstić information content (AvgIpc) is 2.26. The molecule has 2 unspecified atom stereocenters. The van der Waals surface area contributed by atoms with Crippen LogP contribution in [0.2, 0.25) is 0 Å². The van der Waals surface area contributed by atoms with Crippen molar-refractivity contribution in [2.24, 2.45) is 5.73 Å². The summed E-state index contributed by atoms with van der Waals surface area (Å²) >= 11 is 11.6. The maximum absolute atomic E-state index is 12.2. The van der Waals surface area contributed by atoms with Crippen LogP contribution in [0, 0.1) is 6.92 Å². The van der Waals surface area contributed by atoms with Gasteiger partial charge in [0.25, 0.3) is 0 Å². The number of nitrogens with zero attached hydrogens (tertiary/aromatic N) is 3. The fourth-order valence-corrected chi connectivity index (χ4v) is 3.43. The molecule has 2 atom stereocenters. The second-order valence-corrected chi connectivity index (χ2v) is 7.18. The standard InChI is InChI=1S/C10H14Cl2N4O3S/c1-6-3-4-14-10(15-6)16(9(13)17)20(18,19)5-8(12)7(2)11/h3-4,7-8H,5H2,1-2H3,(H2,13,17). The van der Waals surface area contributed by atoms with E-state index in [1.807, 2.05) is 0 Å². The van der Waals surface area contributed by atoms with Gasteiger partial charge in [-0.15, -0.1) is 23.2 Å². The summed E-state index contributed by atoms with van der Waals surface area (Å²) in [4.78, 5) is 19.0. The molecule has 0 spiro atoms. The van der Waals surface area contributed by atoms with Crippen LogP contribution in [0.25, 0.3) is 0 Å². The van der Waals surface area contributed by atoms with E-state index in [0.717, 1.165) is 0 Å². The van der Waals surface area contributed by atoms with Gasteiger partial charge in [0.1, 0.15) is 0 Å². The lowest BCUT2D eigenvalue weighted by molar-refractivity contribution is 0.256. The Morgan fingerprint density at radius 1 is 1.50 bits per heavy atom. The second kappa shape index (κ2) is 6.55. The number of halogens is 2. The molecule has 0 aromatic carbocycles. The number of carbonyl (C=O) groups is 1. The van der Waals surface area contributed by atoms with Crippen LogP contribution in [0.3, 0.4) is 0 Å². The van der Waals surface area contributed by atoms with Crippen molar-refractivity contribution in [2.45, 2.75) is 24.6 Å². The van der Waals surface area contributed by atoms with Crippen LogP contribution in [0.5, 0.6) is 0 Å². The number of carbonyl (C=O) groups excluding carboxylic acids is 1. The number of hydrogen-bond acceptors (Lipinski definition) is 5. The molecule has 0 saturated carbocycles. The third kappa shape index (κ3) is 4.19. The van der Waals surface area contributed by atoms with Gasteiger partial charge in [0, 0.05) is 17.3 Å². The van der Waals surface area contributed by atoms with E-state index in [-0.39, 0.29) is 5.95 Å². The van der Waals surface area contributed by atoms with Gasteiger partial charge >= 0.3 is 6.03 Å². The lowest BCUT2D eigenvalue weighted by Crippen LogP contribution is -2.45. The maximum atomic E-state index is 12.2. The molecule has 0 saturated heterocycles. The average molecular weight is 341 g/mol. The summed E-state index contributed by atoms with van der Waals surface area (Å²) in [5, 5.41) is -1.48. The molecule has 10 heteroatoms. The smallest absolute Gasteiger partial charge is 0.335 e. The minimum Gasteiger partial charge on any atom is -0.350 e. The molecular weight excluding hydrogens is 327 g/mol. The predicted molar refractivity (Wildman–Crippen MR) is 77.6 cm³/mol. The van der Waals surface area contributed by atoms with E-state index in [1.54, 1.807) is 19.9 Å². The largest absolute Gasteiger partial charge is 0.350 e. The summed E-state index contributed by atoms with van der Waals surface area (Å²) in [7, 11) is -4.12. The topological polar surface area (TPSA) is 106 Å². The summed E-state index contributed by atoms with van der Waals surface area (Å²) in [5.41, 5.74) is 5.60. The first-order chi connectivity index (χ1) is 9.15. The van der Waals surface area contributed by atoms with Gasteiger partial charge in [-0.3, -0.25) is 0 Å². The number of sulfonamides is 1. The van der Waals surface area contributed by atoms with Gasteiger partial charge in [-0.1, -0.05) is 0 Å². The molecule has 0 bridgehead atoms. The molecule has 1 rings (SSSR count). The number of hydrogen-bond donors (Lipinski definition) is 1. The number of nitrogens with two attached hydrogens (primary N) is 1. The van der Waals surface area contributed by atoms with Crippen molar-refractivity contribution >= 4 is 45.2 Å². The van der Waals surface area contributed by atoms with Crippen molar-refractivity contribution in [3.05, 3.63) is 18.0 Å². The maximum Gasteiger partial charge on any atom is 0.335 e. The van der Waals surface area contributed by atoms with Gasteiger partial charge in [0.15, 0.2) is 0 Å². The van der Waals surface area contributed by atoms with Crippen LogP contribution in [-0.4, -0.2) is 40.9 Å². The van der Waals surface area contributed by atoms with Crippen LogP contribution < -0.4 is 10.0 Å². The Labute approximate surface area is 127 Å². The van der Waals surface area contributed by atoms with Gasteiger partial charge in [-0.05, 0) is 19.9 Å².